The molecule has 3 aromatic carbocycles. The molecule has 0 heterocycles. The van der Waals surface area contributed by atoms with E-state index in [9.17, 15) is 9.59 Å². The molecule has 0 amide bonds. The van der Waals surface area contributed by atoms with Gasteiger partial charge in [0.15, 0.2) is 5.78 Å². The number of carbonyl (C=O) groups excluding carboxylic acids is 2. The van der Waals surface area contributed by atoms with E-state index in [1.165, 1.54) is 0 Å². The summed E-state index contributed by atoms with van der Waals surface area (Å²) in [7, 11) is 0. The molecule has 0 spiro atoms. The molecule has 0 aliphatic rings. The van der Waals surface area contributed by atoms with E-state index in [4.69, 9.17) is 4.74 Å². The zero-order valence-corrected chi connectivity index (χ0v) is 13.9. The monoisotopic (exact) mass is 330 g/mol. The summed E-state index contributed by atoms with van der Waals surface area (Å²) in [5.74, 6) is -0.564. The van der Waals surface area contributed by atoms with Crippen LogP contribution in [-0.2, 0) is 4.74 Å². The molecule has 0 radical (unpaired) electrons. The Kier molecular flexibility index (Phi) is 5.05. The molecule has 0 aliphatic heterocycles. The lowest BCUT2D eigenvalue weighted by Gasteiger charge is -2.14. The molecule has 0 N–H and O–H groups in total. The Balaban J connectivity index is 1.77. The minimum Gasteiger partial charge on any atom is -0.454 e. The Morgan fingerprint density at radius 1 is 0.720 bits per heavy atom. The van der Waals surface area contributed by atoms with E-state index in [1.807, 2.05) is 55.5 Å². The SMILES string of the molecule is C[C@@H](OC(=O)c1cccc(C(=O)c2ccccc2)c1)c1ccccc1. The molecule has 0 aliphatic carbocycles. The molecule has 3 rings (SSSR count). The van der Waals surface area contributed by atoms with E-state index in [-0.39, 0.29) is 11.9 Å². The zero-order valence-electron chi connectivity index (χ0n) is 13.9. The smallest absolute Gasteiger partial charge is 0.338 e. The highest BCUT2D eigenvalue weighted by molar-refractivity contribution is 6.09. The predicted octanol–water partition coefficient (Wildman–Crippen LogP) is 4.84. The first kappa shape index (κ1) is 16.7. The van der Waals surface area contributed by atoms with Crippen LogP contribution in [0.15, 0.2) is 84.9 Å². The van der Waals surface area contributed by atoms with E-state index in [0.29, 0.717) is 16.7 Å². The van der Waals surface area contributed by atoms with Crippen LogP contribution in [0.3, 0.4) is 0 Å². The number of rotatable bonds is 5. The van der Waals surface area contributed by atoms with E-state index >= 15 is 0 Å². The van der Waals surface area contributed by atoms with Gasteiger partial charge in [-0.1, -0.05) is 72.8 Å². The van der Waals surface area contributed by atoms with Gasteiger partial charge in [0.1, 0.15) is 6.10 Å². The van der Waals surface area contributed by atoms with Crippen molar-refractivity contribution < 1.29 is 14.3 Å². The molecular formula is C22H18O3. The number of hydrogen-bond donors (Lipinski definition) is 0. The van der Waals surface area contributed by atoms with Crippen molar-refractivity contribution in [3.8, 4) is 0 Å². The van der Waals surface area contributed by atoms with E-state index in [0.717, 1.165) is 5.56 Å². The molecule has 25 heavy (non-hydrogen) atoms. The second kappa shape index (κ2) is 7.58. The van der Waals surface area contributed by atoms with Crippen LogP contribution in [0.2, 0.25) is 0 Å². The molecule has 1 atom stereocenters. The lowest BCUT2D eigenvalue weighted by Crippen LogP contribution is -2.10. The Morgan fingerprint density at radius 3 is 1.96 bits per heavy atom. The van der Waals surface area contributed by atoms with Gasteiger partial charge in [0, 0.05) is 11.1 Å². The van der Waals surface area contributed by atoms with Crippen molar-refractivity contribution in [2.45, 2.75) is 13.0 Å². The lowest BCUT2D eigenvalue weighted by atomic mass is 10.0. The van der Waals surface area contributed by atoms with Gasteiger partial charge in [0.05, 0.1) is 5.56 Å². The number of carbonyl (C=O) groups is 2. The van der Waals surface area contributed by atoms with Crippen LogP contribution in [0.5, 0.6) is 0 Å². The first-order valence-corrected chi connectivity index (χ1v) is 8.11. The largest absolute Gasteiger partial charge is 0.454 e. The number of ketones is 1. The summed E-state index contributed by atoms with van der Waals surface area (Å²) in [6, 6.07) is 25.2. The molecule has 3 aromatic rings. The number of benzene rings is 3. The standard InChI is InChI=1S/C22H18O3/c1-16(17-9-4-2-5-10-17)25-22(24)20-14-8-13-19(15-20)21(23)18-11-6-3-7-12-18/h2-16H,1H3/t16-/m1/s1. The van der Waals surface area contributed by atoms with Gasteiger partial charge >= 0.3 is 5.97 Å². The summed E-state index contributed by atoms with van der Waals surface area (Å²) in [6.07, 6.45) is -0.359. The Morgan fingerprint density at radius 2 is 1.28 bits per heavy atom. The quantitative estimate of drug-likeness (QED) is 0.497. The zero-order chi connectivity index (χ0) is 17.6. The van der Waals surface area contributed by atoms with Gasteiger partial charge < -0.3 is 4.74 Å². The first-order chi connectivity index (χ1) is 12.1. The molecule has 0 bridgehead atoms. The van der Waals surface area contributed by atoms with Gasteiger partial charge in [-0.05, 0) is 24.6 Å². The Bertz CT molecular complexity index is 870. The maximum absolute atomic E-state index is 12.5. The minimum absolute atomic E-state index is 0.119. The van der Waals surface area contributed by atoms with Crippen molar-refractivity contribution >= 4 is 11.8 Å². The second-order valence-corrected chi connectivity index (χ2v) is 5.73. The third-order valence-corrected chi connectivity index (χ3v) is 3.95. The van der Waals surface area contributed by atoms with Crippen molar-refractivity contribution in [3.63, 3.8) is 0 Å². The fraction of sp³-hybridized carbons (Fsp3) is 0.0909. The summed E-state index contributed by atoms with van der Waals surface area (Å²) in [6.45, 7) is 1.83. The number of esters is 1. The van der Waals surface area contributed by atoms with Crippen LogP contribution in [0.1, 0.15) is 44.9 Å². The van der Waals surface area contributed by atoms with Crippen molar-refractivity contribution in [2.24, 2.45) is 0 Å². The summed E-state index contributed by atoms with van der Waals surface area (Å²) < 4.78 is 5.51. The first-order valence-electron chi connectivity index (χ1n) is 8.11. The molecule has 0 saturated carbocycles. The summed E-state index contributed by atoms with van der Waals surface area (Å²) in [5.41, 5.74) is 2.34. The van der Waals surface area contributed by atoms with Gasteiger partial charge in [-0.2, -0.15) is 0 Å². The molecular weight excluding hydrogens is 312 g/mol. The third kappa shape index (κ3) is 4.01. The van der Waals surface area contributed by atoms with Crippen molar-refractivity contribution in [2.75, 3.05) is 0 Å². The fourth-order valence-electron chi connectivity index (χ4n) is 2.56. The second-order valence-electron chi connectivity index (χ2n) is 5.73. The van der Waals surface area contributed by atoms with Crippen LogP contribution in [0.25, 0.3) is 0 Å². The highest BCUT2D eigenvalue weighted by atomic mass is 16.5. The van der Waals surface area contributed by atoms with Gasteiger partial charge in [-0.25, -0.2) is 4.79 Å². The molecule has 0 saturated heterocycles. The summed E-state index contributed by atoms with van der Waals surface area (Å²) >= 11 is 0. The third-order valence-electron chi connectivity index (χ3n) is 3.95. The molecule has 3 heteroatoms. The maximum atomic E-state index is 12.5. The van der Waals surface area contributed by atoms with E-state index in [2.05, 4.69) is 0 Å². The minimum atomic E-state index is -0.445. The molecule has 0 aromatic heterocycles. The van der Waals surface area contributed by atoms with Gasteiger partial charge in [-0.15, -0.1) is 0 Å². The Hall–Kier alpha value is -3.20. The van der Waals surface area contributed by atoms with Crippen molar-refractivity contribution in [1.29, 1.82) is 0 Å². The van der Waals surface area contributed by atoms with Crippen LogP contribution >= 0.6 is 0 Å². The van der Waals surface area contributed by atoms with Crippen molar-refractivity contribution in [1.82, 2.24) is 0 Å². The lowest BCUT2D eigenvalue weighted by molar-refractivity contribution is 0.0338. The van der Waals surface area contributed by atoms with Gasteiger partial charge in [0.2, 0.25) is 0 Å². The molecule has 3 nitrogen and oxygen atoms in total. The average molecular weight is 330 g/mol. The molecule has 124 valence electrons. The highest BCUT2D eigenvalue weighted by Crippen LogP contribution is 2.19. The van der Waals surface area contributed by atoms with Crippen LogP contribution in [0, 0.1) is 0 Å². The average Bonchev–Trinajstić information content (AvgIpc) is 2.68. The maximum Gasteiger partial charge on any atom is 0.338 e. The van der Waals surface area contributed by atoms with Crippen LogP contribution < -0.4 is 0 Å². The molecule has 0 unspecified atom stereocenters. The summed E-state index contributed by atoms with van der Waals surface area (Å²) in [5, 5.41) is 0. The van der Waals surface area contributed by atoms with Crippen molar-refractivity contribution in [3.05, 3.63) is 107 Å². The van der Waals surface area contributed by atoms with E-state index < -0.39 is 5.97 Å². The Labute approximate surface area is 146 Å². The number of hydrogen-bond acceptors (Lipinski definition) is 3. The van der Waals surface area contributed by atoms with Gasteiger partial charge in [-0.3, -0.25) is 4.79 Å². The van der Waals surface area contributed by atoms with Crippen LogP contribution in [-0.4, -0.2) is 11.8 Å². The van der Waals surface area contributed by atoms with Crippen LogP contribution in [0.4, 0.5) is 0 Å². The van der Waals surface area contributed by atoms with Gasteiger partial charge in [0.25, 0.3) is 0 Å². The molecule has 0 fully saturated rings. The van der Waals surface area contributed by atoms with E-state index in [1.54, 1.807) is 36.4 Å². The number of ether oxygens (including phenoxy) is 1. The predicted molar refractivity (Wildman–Crippen MR) is 96.6 cm³/mol. The summed E-state index contributed by atoms with van der Waals surface area (Å²) in [4.78, 5) is 24.9. The fourth-order valence-corrected chi connectivity index (χ4v) is 2.56. The normalized spacial score (nSPS) is 11.6. The highest BCUT2D eigenvalue weighted by Gasteiger charge is 2.16. The topological polar surface area (TPSA) is 43.4 Å².